The largest absolute Gasteiger partial charge is 0.379 e. The third kappa shape index (κ3) is 23.1. The van der Waals surface area contributed by atoms with E-state index < -0.39 is 0 Å². The van der Waals surface area contributed by atoms with Crippen molar-refractivity contribution >= 4 is 26.2 Å². The van der Waals surface area contributed by atoms with E-state index >= 15 is 0 Å². The molecular formula is C33H62N5O6P. The lowest BCUT2D eigenvalue weighted by Gasteiger charge is -2.25. The summed E-state index contributed by atoms with van der Waals surface area (Å²) < 4.78 is 19.3. The number of ketones is 1. The number of carbonyl (C=O) groups is 3. The quantitative estimate of drug-likeness (QED) is 0.0962. The van der Waals surface area contributed by atoms with Crippen LogP contribution in [0.25, 0.3) is 0 Å². The summed E-state index contributed by atoms with van der Waals surface area (Å²) in [5.74, 6) is 1.22. The predicted octanol–water partition coefficient (Wildman–Crippen LogP) is 4.91. The predicted molar refractivity (Wildman–Crippen MR) is 181 cm³/mol. The summed E-state index contributed by atoms with van der Waals surface area (Å²) >= 11 is 0. The van der Waals surface area contributed by atoms with E-state index in [4.69, 9.17) is 14.2 Å². The molecule has 0 saturated heterocycles. The maximum Gasteiger partial charge on any atom is 0.220 e. The van der Waals surface area contributed by atoms with Crippen molar-refractivity contribution in [2.45, 2.75) is 124 Å². The average molecular weight is 656 g/mol. The van der Waals surface area contributed by atoms with Gasteiger partial charge in [-0.3, -0.25) is 19.1 Å². The third-order valence-electron chi connectivity index (χ3n) is 6.95. The molecule has 1 rings (SSSR count). The van der Waals surface area contributed by atoms with E-state index in [9.17, 15) is 14.4 Å². The van der Waals surface area contributed by atoms with Gasteiger partial charge in [0, 0.05) is 57.9 Å². The van der Waals surface area contributed by atoms with Crippen LogP contribution in [0.3, 0.4) is 0 Å². The van der Waals surface area contributed by atoms with E-state index in [1.54, 1.807) is 0 Å². The van der Waals surface area contributed by atoms with E-state index in [1.807, 2.05) is 31.6 Å². The standard InChI is InChI=1S/C33H62N5O6P/c1-8-30(39)24-45-25-44-33(6,7)16-17-34-31(40)15-12-13-28-19-38(37-36-28)18-11-9-10-14-32(41)35-29(22-42-20-26(2)3)23-43-21-27(4)5/h19,26-27,29,45H,8-18,20-25H2,1-7H3,(H,34,40)(H,35,41). The summed E-state index contributed by atoms with van der Waals surface area (Å²) in [5, 5.41) is 14.5. The van der Waals surface area contributed by atoms with Gasteiger partial charge >= 0.3 is 0 Å². The Bertz CT molecular complexity index is 942. The Morgan fingerprint density at radius 3 is 2.24 bits per heavy atom. The first kappa shape index (κ1) is 41.1. The van der Waals surface area contributed by atoms with Crippen LogP contribution in [0.15, 0.2) is 6.20 Å². The molecule has 0 saturated carbocycles. The maximum atomic E-state index is 12.5. The maximum absolute atomic E-state index is 12.5. The lowest BCUT2D eigenvalue weighted by Crippen LogP contribution is -2.42. The van der Waals surface area contributed by atoms with Crippen molar-refractivity contribution in [1.29, 1.82) is 0 Å². The minimum atomic E-state index is -0.339. The average Bonchev–Trinajstić information content (AvgIpc) is 3.41. The van der Waals surface area contributed by atoms with Crippen molar-refractivity contribution in [3.63, 3.8) is 0 Å². The van der Waals surface area contributed by atoms with Gasteiger partial charge in [0.2, 0.25) is 11.8 Å². The molecule has 12 heteroatoms. The molecule has 0 aliphatic heterocycles. The molecule has 0 aliphatic carbocycles. The van der Waals surface area contributed by atoms with Crippen LogP contribution in [-0.2, 0) is 41.6 Å². The number of amides is 2. The second-order valence-corrected chi connectivity index (χ2v) is 14.4. The highest BCUT2D eigenvalue weighted by Gasteiger charge is 2.18. The van der Waals surface area contributed by atoms with Crippen molar-refractivity contribution in [1.82, 2.24) is 25.6 Å². The Hall–Kier alpha value is -1.94. The van der Waals surface area contributed by atoms with Gasteiger partial charge in [0.05, 0.1) is 36.9 Å². The zero-order chi connectivity index (χ0) is 33.5. The number of hydrogen-bond acceptors (Lipinski definition) is 8. The number of nitrogens with one attached hydrogen (secondary N) is 2. The Morgan fingerprint density at radius 1 is 0.933 bits per heavy atom. The monoisotopic (exact) mass is 655 g/mol. The zero-order valence-electron chi connectivity index (χ0n) is 29.1. The number of Topliss-reactive ketones (excluding diaryl/α,β-unsaturated/α-hetero) is 1. The fraction of sp³-hybridized carbons (Fsp3) is 0.848. The topological polar surface area (TPSA) is 134 Å². The van der Waals surface area contributed by atoms with Crippen LogP contribution >= 0.6 is 8.58 Å². The van der Waals surface area contributed by atoms with Crippen molar-refractivity contribution in [3.05, 3.63) is 11.9 Å². The molecule has 0 aromatic carbocycles. The van der Waals surface area contributed by atoms with Gasteiger partial charge in [-0.1, -0.05) is 54.8 Å². The number of unbranched alkanes of at least 4 members (excludes halogenated alkanes) is 2. The van der Waals surface area contributed by atoms with Crippen LogP contribution in [0.5, 0.6) is 0 Å². The highest BCUT2D eigenvalue weighted by molar-refractivity contribution is 7.39. The SMILES string of the molecule is CCC(=O)CPCOC(C)(C)CCNC(=O)CCCc1cn(CCCCCC(=O)NC(COCC(C)C)COCC(C)C)nn1. The Morgan fingerprint density at radius 2 is 1.60 bits per heavy atom. The molecule has 0 aliphatic rings. The summed E-state index contributed by atoms with van der Waals surface area (Å²) in [6, 6.07) is -0.138. The number of carbonyl (C=O) groups excluding carboxylic acids is 3. The van der Waals surface area contributed by atoms with Crippen LogP contribution in [0.2, 0.25) is 0 Å². The second-order valence-electron chi connectivity index (χ2n) is 13.2. The molecule has 1 unspecified atom stereocenters. The lowest BCUT2D eigenvalue weighted by atomic mass is 10.1. The van der Waals surface area contributed by atoms with Gasteiger partial charge in [-0.2, -0.15) is 0 Å². The lowest BCUT2D eigenvalue weighted by molar-refractivity contribution is -0.123. The van der Waals surface area contributed by atoms with Gasteiger partial charge in [0.1, 0.15) is 5.78 Å². The molecule has 0 fully saturated rings. The van der Waals surface area contributed by atoms with Crippen LogP contribution in [-0.4, -0.2) is 89.7 Å². The smallest absolute Gasteiger partial charge is 0.220 e. The molecule has 45 heavy (non-hydrogen) atoms. The molecule has 2 amide bonds. The van der Waals surface area contributed by atoms with E-state index in [-0.39, 0.29) is 29.2 Å². The van der Waals surface area contributed by atoms with Crippen LogP contribution < -0.4 is 10.6 Å². The first-order chi connectivity index (χ1) is 21.4. The molecule has 2 N–H and O–H groups in total. The van der Waals surface area contributed by atoms with E-state index in [1.165, 1.54) is 0 Å². The van der Waals surface area contributed by atoms with E-state index in [2.05, 4.69) is 48.6 Å². The summed E-state index contributed by atoms with van der Waals surface area (Å²) in [6.07, 6.45) is 9.35. The number of hydrogen-bond donors (Lipinski definition) is 2. The van der Waals surface area contributed by atoms with Crippen LogP contribution in [0.1, 0.15) is 106 Å². The van der Waals surface area contributed by atoms with Gasteiger partial charge < -0.3 is 24.8 Å². The summed E-state index contributed by atoms with van der Waals surface area (Å²) in [6.45, 7) is 17.9. The normalized spacial score (nSPS) is 12.2. The highest BCUT2D eigenvalue weighted by atomic mass is 31.1. The third-order valence-corrected chi connectivity index (χ3v) is 7.94. The van der Waals surface area contributed by atoms with E-state index in [0.29, 0.717) is 104 Å². The number of ether oxygens (including phenoxy) is 3. The molecule has 0 spiro atoms. The first-order valence-corrected chi connectivity index (χ1v) is 18.3. The number of aromatic nitrogens is 3. The summed E-state index contributed by atoms with van der Waals surface area (Å²) in [4.78, 5) is 36.2. The van der Waals surface area contributed by atoms with Gasteiger partial charge in [0.25, 0.3) is 0 Å². The first-order valence-electron chi connectivity index (χ1n) is 16.9. The van der Waals surface area contributed by atoms with Crippen LogP contribution in [0.4, 0.5) is 0 Å². The Labute approximate surface area is 273 Å². The molecule has 1 aromatic rings. The minimum Gasteiger partial charge on any atom is -0.379 e. The zero-order valence-corrected chi connectivity index (χ0v) is 30.1. The number of aryl methyl sites for hydroxylation is 2. The molecule has 1 atom stereocenters. The van der Waals surface area contributed by atoms with Gasteiger partial charge in [0.15, 0.2) is 0 Å². The van der Waals surface area contributed by atoms with E-state index in [0.717, 1.165) is 31.5 Å². The summed E-state index contributed by atoms with van der Waals surface area (Å²) in [7, 11) is 0.483. The minimum absolute atomic E-state index is 0.0233. The molecule has 1 heterocycles. The highest BCUT2D eigenvalue weighted by Crippen LogP contribution is 2.20. The molecule has 260 valence electrons. The van der Waals surface area contributed by atoms with Crippen molar-refractivity contribution in [2.75, 3.05) is 45.5 Å². The van der Waals surface area contributed by atoms with Crippen molar-refractivity contribution in [3.8, 4) is 0 Å². The van der Waals surface area contributed by atoms with Crippen LogP contribution in [0, 0.1) is 11.8 Å². The molecule has 0 radical (unpaired) electrons. The number of rotatable bonds is 28. The van der Waals surface area contributed by atoms with Crippen molar-refractivity contribution in [2.24, 2.45) is 11.8 Å². The van der Waals surface area contributed by atoms with Gasteiger partial charge in [-0.05, 0) is 57.8 Å². The molecule has 11 nitrogen and oxygen atoms in total. The number of nitrogens with zero attached hydrogens (tertiary/aromatic N) is 3. The van der Waals surface area contributed by atoms with Crippen molar-refractivity contribution < 1.29 is 28.6 Å². The van der Waals surface area contributed by atoms with Gasteiger partial charge in [-0.15, -0.1) is 5.10 Å². The Kier molecular flexibility index (Phi) is 22.2. The fourth-order valence-electron chi connectivity index (χ4n) is 4.28. The summed E-state index contributed by atoms with van der Waals surface area (Å²) in [5.41, 5.74) is 0.540. The molecular weight excluding hydrogens is 593 g/mol. The second kappa shape index (κ2) is 24.3. The fourth-order valence-corrected chi connectivity index (χ4v) is 5.40. The molecule has 1 aromatic heterocycles. The molecule has 0 bridgehead atoms. The van der Waals surface area contributed by atoms with Gasteiger partial charge in [-0.25, -0.2) is 0 Å². The Balaban J connectivity index is 2.19.